The third kappa shape index (κ3) is 3.32. The van der Waals surface area contributed by atoms with Crippen LogP contribution in [0.15, 0.2) is 23.0 Å². The normalized spacial score (nSPS) is 13.3. The molecule has 10 heteroatoms. The van der Waals surface area contributed by atoms with Gasteiger partial charge in [-0.25, -0.2) is 9.37 Å². The van der Waals surface area contributed by atoms with Crippen molar-refractivity contribution >= 4 is 11.0 Å². The Bertz CT molecular complexity index is 1060. The number of aliphatic hydroxyl groups excluding tert-OH is 1. The topological polar surface area (TPSA) is 83.8 Å². The van der Waals surface area contributed by atoms with Crippen LogP contribution in [0, 0.1) is 12.7 Å². The predicted octanol–water partition coefficient (Wildman–Crippen LogP) is 2.73. The van der Waals surface area contributed by atoms with Gasteiger partial charge in [-0.05, 0) is 18.6 Å². The van der Waals surface area contributed by atoms with Crippen molar-refractivity contribution < 1.29 is 22.7 Å². The molecular formula is C17H16F4N4O2. The SMILES string of the molecule is Cc1nc2c([C@@H](C)c3cccc(C(F)(F)F)c3F)nn(CCO)c2c(=O)[nH]1. The Labute approximate surface area is 150 Å². The molecular weight excluding hydrogens is 368 g/mol. The van der Waals surface area contributed by atoms with Crippen LogP contribution >= 0.6 is 0 Å². The summed E-state index contributed by atoms with van der Waals surface area (Å²) in [5.41, 5.74) is -1.68. The van der Waals surface area contributed by atoms with Crippen LogP contribution < -0.4 is 5.56 Å². The average molecular weight is 384 g/mol. The highest BCUT2D eigenvalue weighted by atomic mass is 19.4. The van der Waals surface area contributed by atoms with E-state index in [9.17, 15) is 27.5 Å². The number of nitrogens with zero attached hydrogens (tertiary/aromatic N) is 3. The summed E-state index contributed by atoms with van der Waals surface area (Å²) < 4.78 is 54.8. The van der Waals surface area contributed by atoms with E-state index in [2.05, 4.69) is 15.1 Å². The van der Waals surface area contributed by atoms with Gasteiger partial charge in [0, 0.05) is 5.92 Å². The number of hydrogen-bond acceptors (Lipinski definition) is 4. The number of benzene rings is 1. The highest BCUT2D eigenvalue weighted by molar-refractivity contribution is 5.77. The van der Waals surface area contributed by atoms with Crippen LogP contribution in [0.2, 0.25) is 0 Å². The summed E-state index contributed by atoms with van der Waals surface area (Å²) in [5, 5.41) is 13.4. The number of nitrogens with one attached hydrogen (secondary N) is 1. The van der Waals surface area contributed by atoms with Gasteiger partial charge in [0.1, 0.15) is 17.2 Å². The summed E-state index contributed by atoms with van der Waals surface area (Å²) in [6, 6.07) is 3.03. The number of hydrogen-bond donors (Lipinski definition) is 2. The van der Waals surface area contributed by atoms with Crippen molar-refractivity contribution in [3.8, 4) is 0 Å². The fourth-order valence-corrected chi connectivity index (χ4v) is 3.02. The summed E-state index contributed by atoms with van der Waals surface area (Å²) in [6.45, 7) is 2.71. The lowest BCUT2D eigenvalue weighted by Crippen LogP contribution is -2.15. The molecule has 1 aromatic carbocycles. The fraction of sp³-hybridized carbons (Fsp3) is 0.353. The predicted molar refractivity (Wildman–Crippen MR) is 88.9 cm³/mol. The Balaban J connectivity index is 2.23. The Kier molecular flexibility index (Phi) is 4.77. The van der Waals surface area contributed by atoms with Crippen molar-refractivity contribution in [2.75, 3.05) is 6.61 Å². The maximum Gasteiger partial charge on any atom is 0.419 e. The summed E-state index contributed by atoms with van der Waals surface area (Å²) in [7, 11) is 0. The monoisotopic (exact) mass is 384 g/mol. The minimum atomic E-state index is -4.83. The third-order valence-corrected chi connectivity index (χ3v) is 4.26. The molecule has 0 unspecified atom stereocenters. The van der Waals surface area contributed by atoms with Crippen molar-refractivity contribution in [3.05, 3.63) is 57.0 Å². The lowest BCUT2D eigenvalue weighted by Gasteiger charge is -2.15. The van der Waals surface area contributed by atoms with Crippen molar-refractivity contribution in [2.45, 2.75) is 32.5 Å². The minimum Gasteiger partial charge on any atom is -0.394 e. The first-order valence-corrected chi connectivity index (χ1v) is 8.09. The van der Waals surface area contributed by atoms with E-state index in [1.54, 1.807) is 6.92 Å². The maximum absolute atomic E-state index is 14.5. The van der Waals surface area contributed by atoms with Crippen LogP contribution in [0.5, 0.6) is 0 Å². The van der Waals surface area contributed by atoms with Crippen LogP contribution in [-0.4, -0.2) is 31.5 Å². The lowest BCUT2D eigenvalue weighted by molar-refractivity contribution is -0.140. The summed E-state index contributed by atoms with van der Waals surface area (Å²) >= 11 is 0. The van der Waals surface area contributed by atoms with Crippen LogP contribution in [0.3, 0.4) is 0 Å². The zero-order chi connectivity index (χ0) is 19.9. The first-order chi connectivity index (χ1) is 12.6. The molecule has 3 rings (SSSR count). The number of fused-ring (bicyclic) bond motifs is 1. The number of rotatable bonds is 4. The molecule has 0 bridgehead atoms. The second kappa shape index (κ2) is 6.76. The number of alkyl halides is 3. The van der Waals surface area contributed by atoms with E-state index in [0.29, 0.717) is 6.07 Å². The van der Waals surface area contributed by atoms with Gasteiger partial charge in [0.25, 0.3) is 5.56 Å². The molecule has 0 saturated carbocycles. The summed E-state index contributed by atoms with van der Waals surface area (Å²) in [4.78, 5) is 19.0. The van der Waals surface area contributed by atoms with Crippen LogP contribution in [0.1, 0.15) is 35.5 Å². The zero-order valence-corrected chi connectivity index (χ0v) is 14.4. The molecule has 0 aliphatic carbocycles. The number of aromatic nitrogens is 4. The van der Waals surface area contributed by atoms with E-state index in [1.165, 1.54) is 17.7 Å². The van der Waals surface area contributed by atoms with Gasteiger partial charge in [-0.2, -0.15) is 18.3 Å². The minimum absolute atomic E-state index is 0.0118. The van der Waals surface area contributed by atoms with E-state index in [0.717, 1.165) is 6.07 Å². The van der Waals surface area contributed by atoms with Gasteiger partial charge < -0.3 is 10.1 Å². The Morgan fingerprint density at radius 2 is 2.04 bits per heavy atom. The average Bonchev–Trinajstić information content (AvgIpc) is 2.92. The van der Waals surface area contributed by atoms with Crippen molar-refractivity contribution in [1.82, 2.24) is 19.7 Å². The molecule has 3 aromatic rings. The number of aliphatic hydroxyl groups is 1. The molecule has 144 valence electrons. The Morgan fingerprint density at radius 1 is 1.33 bits per heavy atom. The molecule has 1 atom stereocenters. The molecule has 0 fully saturated rings. The van der Waals surface area contributed by atoms with Gasteiger partial charge in [0.05, 0.1) is 24.4 Å². The lowest BCUT2D eigenvalue weighted by atomic mass is 9.94. The summed E-state index contributed by atoms with van der Waals surface area (Å²) in [5.74, 6) is -2.00. The van der Waals surface area contributed by atoms with Gasteiger partial charge in [0.15, 0.2) is 5.52 Å². The molecule has 0 radical (unpaired) electrons. The number of H-pyrrole nitrogens is 1. The maximum atomic E-state index is 14.5. The van der Waals surface area contributed by atoms with E-state index >= 15 is 0 Å². The fourth-order valence-electron chi connectivity index (χ4n) is 3.02. The first-order valence-electron chi connectivity index (χ1n) is 8.09. The third-order valence-electron chi connectivity index (χ3n) is 4.26. The molecule has 2 aromatic heterocycles. The van der Waals surface area contributed by atoms with Crippen LogP contribution in [-0.2, 0) is 12.7 Å². The number of aromatic amines is 1. The van der Waals surface area contributed by atoms with E-state index in [-0.39, 0.29) is 41.3 Å². The van der Waals surface area contributed by atoms with E-state index in [1.807, 2.05) is 0 Å². The second-order valence-corrected chi connectivity index (χ2v) is 6.11. The smallest absolute Gasteiger partial charge is 0.394 e. The number of halogens is 4. The van der Waals surface area contributed by atoms with Gasteiger partial charge in [-0.1, -0.05) is 19.1 Å². The molecule has 2 heterocycles. The molecule has 0 amide bonds. The molecule has 0 spiro atoms. The van der Waals surface area contributed by atoms with Crippen molar-refractivity contribution in [2.24, 2.45) is 0 Å². The van der Waals surface area contributed by atoms with Gasteiger partial charge >= 0.3 is 6.18 Å². The molecule has 0 saturated heterocycles. The standard InChI is InChI=1S/C17H16F4N4O2/c1-8(10-4-3-5-11(12(10)18)17(19,20)21)13-14-15(25(24-13)6-7-26)16(27)23-9(2)22-14/h3-5,8,26H,6-7H2,1-2H3,(H,22,23,27)/t8-/m0/s1. The largest absolute Gasteiger partial charge is 0.419 e. The first kappa shape index (κ1) is 19.0. The summed E-state index contributed by atoms with van der Waals surface area (Å²) in [6.07, 6.45) is -4.83. The van der Waals surface area contributed by atoms with Crippen LogP contribution in [0.25, 0.3) is 11.0 Å². The highest BCUT2D eigenvalue weighted by Gasteiger charge is 2.36. The van der Waals surface area contributed by atoms with Crippen molar-refractivity contribution in [1.29, 1.82) is 0 Å². The Morgan fingerprint density at radius 3 is 2.67 bits per heavy atom. The molecule has 6 nitrogen and oxygen atoms in total. The van der Waals surface area contributed by atoms with Gasteiger partial charge in [0.2, 0.25) is 0 Å². The highest BCUT2D eigenvalue weighted by Crippen LogP contribution is 2.36. The quantitative estimate of drug-likeness (QED) is 0.678. The van der Waals surface area contributed by atoms with Gasteiger partial charge in [-0.15, -0.1) is 0 Å². The van der Waals surface area contributed by atoms with Gasteiger partial charge in [-0.3, -0.25) is 9.48 Å². The van der Waals surface area contributed by atoms with Crippen molar-refractivity contribution in [3.63, 3.8) is 0 Å². The Hall–Kier alpha value is -2.75. The van der Waals surface area contributed by atoms with E-state index in [4.69, 9.17) is 0 Å². The molecule has 27 heavy (non-hydrogen) atoms. The zero-order valence-electron chi connectivity index (χ0n) is 14.4. The second-order valence-electron chi connectivity index (χ2n) is 6.11. The molecule has 2 N–H and O–H groups in total. The molecule has 0 aliphatic heterocycles. The number of aryl methyl sites for hydroxylation is 1. The van der Waals surface area contributed by atoms with Crippen LogP contribution in [0.4, 0.5) is 17.6 Å². The molecule has 0 aliphatic rings. The van der Waals surface area contributed by atoms with E-state index < -0.39 is 29.0 Å².